The zero-order valence-electron chi connectivity index (χ0n) is 14.8. The lowest BCUT2D eigenvalue weighted by molar-refractivity contribution is 0.102. The monoisotopic (exact) mass is 394 g/mol. The summed E-state index contributed by atoms with van der Waals surface area (Å²) < 4.78 is 27.2. The van der Waals surface area contributed by atoms with E-state index in [1.807, 2.05) is 13.8 Å². The Morgan fingerprint density at radius 3 is 2.62 bits per heavy atom. The number of amides is 1. The first-order valence-electron chi connectivity index (χ1n) is 8.67. The van der Waals surface area contributed by atoms with Gasteiger partial charge in [0.15, 0.2) is 0 Å². The molecule has 0 radical (unpaired) electrons. The Morgan fingerprint density at radius 2 is 2.00 bits per heavy atom. The van der Waals surface area contributed by atoms with Gasteiger partial charge in [0.25, 0.3) is 5.91 Å². The van der Waals surface area contributed by atoms with Gasteiger partial charge in [-0.3, -0.25) is 10.1 Å². The van der Waals surface area contributed by atoms with Gasteiger partial charge in [-0.25, -0.2) is 8.42 Å². The third kappa shape index (κ3) is 3.94. The van der Waals surface area contributed by atoms with Crippen LogP contribution in [0.1, 0.15) is 48.5 Å². The van der Waals surface area contributed by atoms with E-state index in [9.17, 15) is 13.2 Å². The van der Waals surface area contributed by atoms with Gasteiger partial charge in [-0.2, -0.15) is 4.31 Å². The van der Waals surface area contributed by atoms with Crippen molar-refractivity contribution < 1.29 is 13.2 Å². The van der Waals surface area contributed by atoms with Crippen molar-refractivity contribution in [1.29, 1.82) is 0 Å². The number of anilines is 1. The number of aryl methyl sites for hydroxylation is 1. The van der Waals surface area contributed by atoms with E-state index in [4.69, 9.17) is 0 Å². The molecule has 7 nitrogen and oxygen atoms in total. The molecule has 1 aromatic heterocycles. The highest BCUT2D eigenvalue weighted by Gasteiger charge is 2.30. The molecule has 1 aliphatic heterocycles. The molecule has 0 unspecified atom stereocenters. The number of benzene rings is 1. The zero-order chi connectivity index (χ0) is 18.7. The van der Waals surface area contributed by atoms with E-state index >= 15 is 0 Å². The quantitative estimate of drug-likeness (QED) is 0.842. The van der Waals surface area contributed by atoms with Crippen LogP contribution in [0, 0.1) is 0 Å². The lowest BCUT2D eigenvalue weighted by Gasteiger charge is -2.32. The van der Waals surface area contributed by atoms with E-state index in [1.54, 1.807) is 4.31 Å². The first-order valence-corrected chi connectivity index (χ1v) is 10.9. The Bertz CT molecular complexity index is 878. The molecule has 0 aliphatic carbocycles. The summed E-state index contributed by atoms with van der Waals surface area (Å²) >= 11 is 1.33. The second-order valence-corrected chi connectivity index (χ2v) is 9.25. The Hall–Kier alpha value is -1.84. The largest absolute Gasteiger partial charge is 0.296 e. The number of carbonyl (C=O) groups is 1. The predicted octanol–water partition coefficient (Wildman–Crippen LogP) is 2.92. The lowest BCUT2D eigenvalue weighted by atomic mass is 10.1. The molecule has 0 saturated carbocycles. The van der Waals surface area contributed by atoms with Crippen LogP contribution in [0.2, 0.25) is 0 Å². The normalized spacial score (nSPS) is 18.6. The number of sulfonamides is 1. The van der Waals surface area contributed by atoms with Gasteiger partial charge in [-0.05, 0) is 50.5 Å². The molecule has 1 atom stereocenters. The topological polar surface area (TPSA) is 92.3 Å². The number of hydrogen-bond acceptors (Lipinski definition) is 6. The number of rotatable bonds is 5. The van der Waals surface area contributed by atoms with Crippen molar-refractivity contribution in [3.63, 3.8) is 0 Å². The fourth-order valence-electron chi connectivity index (χ4n) is 2.96. The van der Waals surface area contributed by atoms with Crippen LogP contribution in [0.25, 0.3) is 0 Å². The van der Waals surface area contributed by atoms with Crippen molar-refractivity contribution in [2.45, 2.75) is 50.5 Å². The van der Waals surface area contributed by atoms with Gasteiger partial charge in [0.05, 0.1) is 4.90 Å². The summed E-state index contributed by atoms with van der Waals surface area (Å²) in [4.78, 5) is 12.5. The van der Waals surface area contributed by atoms with Gasteiger partial charge in [0.1, 0.15) is 5.01 Å². The number of aromatic nitrogens is 2. The first kappa shape index (κ1) is 18.9. The molecule has 1 aliphatic rings. The van der Waals surface area contributed by atoms with E-state index in [1.165, 1.54) is 35.6 Å². The van der Waals surface area contributed by atoms with Crippen molar-refractivity contribution in [1.82, 2.24) is 14.5 Å². The molecule has 140 valence electrons. The molecule has 9 heteroatoms. The summed E-state index contributed by atoms with van der Waals surface area (Å²) in [7, 11) is -3.53. The third-order valence-corrected chi connectivity index (χ3v) is 7.47. The number of carbonyl (C=O) groups excluding carboxylic acids is 1. The summed E-state index contributed by atoms with van der Waals surface area (Å²) in [6.45, 7) is 4.45. The smallest absolute Gasteiger partial charge is 0.257 e. The van der Waals surface area contributed by atoms with Crippen LogP contribution in [0.15, 0.2) is 29.2 Å². The van der Waals surface area contributed by atoms with E-state index in [0.29, 0.717) is 17.2 Å². The van der Waals surface area contributed by atoms with Crippen molar-refractivity contribution in [3.8, 4) is 0 Å². The SMILES string of the molecule is CCc1nnc(NC(=O)c2ccc(S(=O)(=O)N3CCCC[C@@H]3C)cc2)s1. The van der Waals surface area contributed by atoms with Crippen LogP contribution in [-0.4, -0.2) is 41.4 Å². The molecule has 2 aromatic rings. The van der Waals surface area contributed by atoms with Crippen molar-refractivity contribution >= 4 is 32.4 Å². The third-order valence-electron chi connectivity index (χ3n) is 4.45. The highest BCUT2D eigenvalue weighted by Crippen LogP contribution is 2.25. The minimum absolute atomic E-state index is 0.00175. The highest BCUT2D eigenvalue weighted by molar-refractivity contribution is 7.89. The fourth-order valence-corrected chi connectivity index (χ4v) is 5.33. The zero-order valence-corrected chi connectivity index (χ0v) is 16.4. The molecular weight excluding hydrogens is 372 g/mol. The molecule has 26 heavy (non-hydrogen) atoms. The maximum atomic E-state index is 12.8. The molecule has 1 amide bonds. The number of hydrogen-bond donors (Lipinski definition) is 1. The Morgan fingerprint density at radius 1 is 1.27 bits per heavy atom. The van der Waals surface area contributed by atoms with Crippen LogP contribution in [0.5, 0.6) is 0 Å². The Kier molecular flexibility index (Phi) is 5.69. The van der Waals surface area contributed by atoms with E-state index in [2.05, 4.69) is 15.5 Å². The average Bonchev–Trinajstić information content (AvgIpc) is 3.09. The minimum Gasteiger partial charge on any atom is -0.296 e. The van der Waals surface area contributed by atoms with Crippen LogP contribution >= 0.6 is 11.3 Å². The first-order chi connectivity index (χ1) is 12.4. The van der Waals surface area contributed by atoms with Crippen molar-refractivity contribution in [2.75, 3.05) is 11.9 Å². The molecule has 1 aromatic carbocycles. The Balaban J connectivity index is 1.74. The number of nitrogens with one attached hydrogen (secondary N) is 1. The molecule has 1 N–H and O–H groups in total. The van der Waals surface area contributed by atoms with Crippen LogP contribution in [0.4, 0.5) is 5.13 Å². The summed E-state index contributed by atoms with van der Waals surface area (Å²) in [5.74, 6) is -0.334. The molecule has 0 spiro atoms. The summed E-state index contributed by atoms with van der Waals surface area (Å²) in [5, 5.41) is 11.8. The average molecular weight is 395 g/mol. The van der Waals surface area contributed by atoms with E-state index in [-0.39, 0.29) is 16.8 Å². The molecule has 2 heterocycles. The van der Waals surface area contributed by atoms with Crippen LogP contribution in [0.3, 0.4) is 0 Å². The maximum Gasteiger partial charge on any atom is 0.257 e. The van der Waals surface area contributed by atoms with E-state index < -0.39 is 10.0 Å². The number of piperidine rings is 1. The molecule has 0 bridgehead atoms. The molecule has 3 rings (SSSR count). The fraction of sp³-hybridized carbons (Fsp3) is 0.471. The Labute approximate surface area is 157 Å². The van der Waals surface area contributed by atoms with Gasteiger partial charge < -0.3 is 0 Å². The van der Waals surface area contributed by atoms with Gasteiger partial charge >= 0.3 is 0 Å². The van der Waals surface area contributed by atoms with Crippen molar-refractivity contribution in [3.05, 3.63) is 34.8 Å². The van der Waals surface area contributed by atoms with Crippen LogP contribution in [-0.2, 0) is 16.4 Å². The number of nitrogens with zero attached hydrogens (tertiary/aromatic N) is 3. The van der Waals surface area contributed by atoms with E-state index in [0.717, 1.165) is 30.7 Å². The highest BCUT2D eigenvalue weighted by atomic mass is 32.2. The van der Waals surface area contributed by atoms with Gasteiger partial charge in [-0.15, -0.1) is 10.2 Å². The summed E-state index contributed by atoms with van der Waals surface area (Å²) in [6.07, 6.45) is 3.57. The second-order valence-electron chi connectivity index (χ2n) is 6.29. The maximum absolute atomic E-state index is 12.8. The van der Waals surface area contributed by atoms with Crippen LogP contribution < -0.4 is 5.32 Å². The minimum atomic E-state index is -3.53. The molecule has 1 saturated heterocycles. The van der Waals surface area contributed by atoms with Crippen molar-refractivity contribution in [2.24, 2.45) is 0 Å². The molecule has 1 fully saturated rings. The van der Waals surface area contributed by atoms with Gasteiger partial charge in [0, 0.05) is 18.2 Å². The lowest BCUT2D eigenvalue weighted by Crippen LogP contribution is -2.41. The standard InChI is InChI=1S/C17H22N4O3S2/c1-3-15-19-20-17(25-15)18-16(22)13-7-9-14(10-8-13)26(23,24)21-11-5-4-6-12(21)2/h7-10,12H,3-6,11H2,1-2H3,(H,18,20,22)/t12-/m0/s1. The van der Waals surface area contributed by atoms with Gasteiger partial charge in [-0.1, -0.05) is 24.7 Å². The predicted molar refractivity (Wildman–Crippen MR) is 101 cm³/mol. The summed E-state index contributed by atoms with van der Waals surface area (Å²) in [5.41, 5.74) is 0.379. The second kappa shape index (κ2) is 7.81. The van der Waals surface area contributed by atoms with Gasteiger partial charge in [0.2, 0.25) is 15.2 Å². The summed E-state index contributed by atoms with van der Waals surface area (Å²) in [6, 6.07) is 6.03. The molecular formula is C17H22N4O3S2.